The van der Waals surface area contributed by atoms with E-state index in [1.165, 1.54) is 12.1 Å². The number of anilines is 1. The number of amides is 1. The molecule has 0 saturated carbocycles. The van der Waals surface area contributed by atoms with Gasteiger partial charge < -0.3 is 16.2 Å². The largest absolute Gasteiger partial charge is 0.507 e. The number of benzene rings is 2. The van der Waals surface area contributed by atoms with Crippen molar-refractivity contribution in [2.45, 2.75) is 6.42 Å². The first-order valence-corrected chi connectivity index (χ1v) is 6.55. The lowest BCUT2D eigenvalue weighted by atomic mass is 10.1. The first-order valence-electron chi connectivity index (χ1n) is 6.17. The van der Waals surface area contributed by atoms with Crippen molar-refractivity contribution in [2.75, 3.05) is 12.3 Å². The van der Waals surface area contributed by atoms with Crippen LogP contribution >= 0.6 is 11.6 Å². The summed E-state index contributed by atoms with van der Waals surface area (Å²) in [5.74, 6) is -0.424. The van der Waals surface area contributed by atoms with Gasteiger partial charge in [-0.1, -0.05) is 23.7 Å². The van der Waals surface area contributed by atoms with Crippen LogP contribution in [0.25, 0.3) is 0 Å². The van der Waals surface area contributed by atoms with E-state index >= 15 is 0 Å². The molecule has 4 nitrogen and oxygen atoms in total. The summed E-state index contributed by atoms with van der Waals surface area (Å²) >= 11 is 5.80. The van der Waals surface area contributed by atoms with Crippen molar-refractivity contribution in [1.82, 2.24) is 5.32 Å². The maximum Gasteiger partial charge on any atom is 0.255 e. The molecule has 2 rings (SSSR count). The number of phenols is 1. The van der Waals surface area contributed by atoms with Crippen LogP contribution in [-0.2, 0) is 6.42 Å². The second-order valence-corrected chi connectivity index (χ2v) is 4.85. The van der Waals surface area contributed by atoms with E-state index in [0.717, 1.165) is 5.56 Å². The SMILES string of the molecule is Nc1ccc(O)c(C(=O)NCCc2ccc(Cl)cc2)c1. The van der Waals surface area contributed by atoms with Crippen molar-refractivity contribution >= 4 is 23.2 Å². The van der Waals surface area contributed by atoms with E-state index in [1.807, 2.05) is 24.3 Å². The number of aromatic hydroxyl groups is 1. The van der Waals surface area contributed by atoms with Gasteiger partial charge in [-0.25, -0.2) is 0 Å². The molecule has 0 bridgehead atoms. The molecule has 0 fully saturated rings. The van der Waals surface area contributed by atoms with Crippen molar-refractivity contribution in [3.63, 3.8) is 0 Å². The van der Waals surface area contributed by atoms with Gasteiger partial charge in [0, 0.05) is 17.3 Å². The van der Waals surface area contributed by atoms with Gasteiger partial charge in [0.2, 0.25) is 0 Å². The topological polar surface area (TPSA) is 75.3 Å². The minimum Gasteiger partial charge on any atom is -0.507 e. The summed E-state index contributed by atoms with van der Waals surface area (Å²) in [5.41, 5.74) is 7.29. The molecule has 0 heterocycles. The second-order valence-electron chi connectivity index (χ2n) is 4.41. The Morgan fingerprint density at radius 3 is 2.60 bits per heavy atom. The van der Waals surface area contributed by atoms with E-state index in [9.17, 15) is 9.90 Å². The lowest BCUT2D eigenvalue weighted by Crippen LogP contribution is -2.25. The van der Waals surface area contributed by atoms with Crippen molar-refractivity contribution < 1.29 is 9.90 Å². The molecule has 1 amide bonds. The van der Waals surface area contributed by atoms with E-state index in [2.05, 4.69) is 5.32 Å². The number of carbonyl (C=O) groups is 1. The van der Waals surface area contributed by atoms with Crippen LogP contribution in [0.1, 0.15) is 15.9 Å². The zero-order valence-corrected chi connectivity index (χ0v) is 11.5. The van der Waals surface area contributed by atoms with Crippen molar-refractivity contribution in [1.29, 1.82) is 0 Å². The highest BCUT2D eigenvalue weighted by molar-refractivity contribution is 6.30. The minimum absolute atomic E-state index is 0.0804. The molecule has 0 aliphatic heterocycles. The molecule has 104 valence electrons. The third kappa shape index (κ3) is 3.65. The van der Waals surface area contributed by atoms with Crippen LogP contribution in [0.3, 0.4) is 0 Å². The Hall–Kier alpha value is -2.20. The molecule has 4 N–H and O–H groups in total. The maximum absolute atomic E-state index is 11.9. The summed E-state index contributed by atoms with van der Waals surface area (Å²) in [6, 6.07) is 11.8. The van der Waals surface area contributed by atoms with Gasteiger partial charge in [0.15, 0.2) is 0 Å². The summed E-state index contributed by atoms with van der Waals surface area (Å²) in [7, 11) is 0. The molecule has 0 aromatic heterocycles. The predicted octanol–water partition coefficient (Wildman–Crippen LogP) is 2.60. The van der Waals surface area contributed by atoms with E-state index in [-0.39, 0.29) is 17.2 Å². The molecule has 0 radical (unpaired) electrons. The fraction of sp³-hybridized carbons (Fsp3) is 0.133. The van der Waals surface area contributed by atoms with Gasteiger partial charge in [-0.15, -0.1) is 0 Å². The average molecular weight is 291 g/mol. The Morgan fingerprint density at radius 2 is 1.90 bits per heavy atom. The Labute approximate surface area is 122 Å². The number of hydrogen-bond acceptors (Lipinski definition) is 3. The standard InChI is InChI=1S/C15H15ClN2O2/c16-11-3-1-10(2-4-11)7-8-18-15(20)13-9-12(17)5-6-14(13)19/h1-6,9,19H,7-8,17H2,(H,18,20). The van der Waals surface area contributed by atoms with Crippen LogP contribution in [0.4, 0.5) is 5.69 Å². The summed E-state index contributed by atoms with van der Waals surface area (Å²) in [4.78, 5) is 11.9. The number of nitrogen functional groups attached to an aromatic ring is 1. The summed E-state index contributed by atoms with van der Waals surface area (Å²) in [6.45, 7) is 0.467. The molecule has 2 aromatic rings. The van der Waals surface area contributed by atoms with Crippen molar-refractivity contribution in [3.05, 3.63) is 58.6 Å². The van der Waals surface area contributed by atoms with Gasteiger partial charge in [-0.2, -0.15) is 0 Å². The first kappa shape index (κ1) is 14.2. The quantitative estimate of drug-likeness (QED) is 0.598. The summed E-state index contributed by atoms with van der Waals surface area (Å²) < 4.78 is 0. The van der Waals surface area contributed by atoms with Gasteiger partial charge in [0.05, 0.1) is 5.56 Å². The maximum atomic E-state index is 11.9. The zero-order valence-electron chi connectivity index (χ0n) is 10.8. The number of hydrogen-bond donors (Lipinski definition) is 3. The molecule has 0 unspecified atom stereocenters. The number of carbonyl (C=O) groups excluding carboxylic acids is 1. The van der Waals surface area contributed by atoms with Gasteiger partial charge in [0.25, 0.3) is 5.91 Å². The molecular weight excluding hydrogens is 276 g/mol. The molecular formula is C15H15ClN2O2. The fourth-order valence-corrected chi connectivity index (χ4v) is 1.93. The lowest BCUT2D eigenvalue weighted by molar-refractivity contribution is 0.0951. The third-order valence-electron chi connectivity index (χ3n) is 2.88. The van der Waals surface area contributed by atoms with Crippen molar-refractivity contribution in [3.8, 4) is 5.75 Å². The van der Waals surface area contributed by atoms with Gasteiger partial charge in [0.1, 0.15) is 5.75 Å². The van der Waals surface area contributed by atoms with E-state index in [4.69, 9.17) is 17.3 Å². The Bertz CT molecular complexity index is 612. The molecule has 2 aromatic carbocycles. The highest BCUT2D eigenvalue weighted by atomic mass is 35.5. The Kier molecular flexibility index (Phi) is 4.48. The number of phenolic OH excluding ortho intramolecular Hbond substituents is 1. The monoisotopic (exact) mass is 290 g/mol. The van der Waals surface area contributed by atoms with Crippen LogP contribution < -0.4 is 11.1 Å². The number of nitrogens with two attached hydrogens (primary N) is 1. The zero-order chi connectivity index (χ0) is 14.5. The highest BCUT2D eigenvalue weighted by Gasteiger charge is 2.10. The Morgan fingerprint density at radius 1 is 1.20 bits per heavy atom. The average Bonchev–Trinajstić information content (AvgIpc) is 2.43. The van der Waals surface area contributed by atoms with E-state index in [0.29, 0.717) is 23.7 Å². The van der Waals surface area contributed by atoms with Crippen LogP contribution in [-0.4, -0.2) is 17.6 Å². The molecule has 20 heavy (non-hydrogen) atoms. The van der Waals surface area contributed by atoms with Crippen LogP contribution in [0, 0.1) is 0 Å². The molecule has 0 spiro atoms. The molecule has 5 heteroatoms. The number of nitrogens with one attached hydrogen (secondary N) is 1. The van der Waals surface area contributed by atoms with E-state index in [1.54, 1.807) is 6.07 Å². The second kappa shape index (κ2) is 6.30. The van der Waals surface area contributed by atoms with Gasteiger partial charge >= 0.3 is 0 Å². The van der Waals surface area contributed by atoms with Gasteiger partial charge in [-0.3, -0.25) is 4.79 Å². The highest BCUT2D eigenvalue weighted by Crippen LogP contribution is 2.19. The minimum atomic E-state index is -0.344. The van der Waals surface area contributed by atoms with Crippen LogP contribution in [0.15, 0.2) is 42.5 Å². The molecule has 0 aliphatic carbocycles. The number of halogens is 1. The lowest BCUT2D eigenvalue weighted by Gasteiger charge is -2.07. The van der Waals surface area contributed by atoms with Crippen LogP contribution in [0.5, 0.6) is 5.75 Å². The fourth-order valence-electron chi connectivity index (χ4n) is 1.80. The van der Waals surface area contributed by atoms with Crippen LogP contribution in [0.2, 0.25) is 5.02 Å². The van der Waals surface area contributed by atoms with Crippen molar-refractivity contribution in [2.24, 2.45) is 0 Å². The normalized spacial score (nSPS) is 10.2. The van der Waals surface area contributed by atoms with Gasteiger partial charge in [-0.05, 0) is 42.3 Å². The molecule has 0 saturated heterocycles. The summed E-state index contributed by atoms with van der Waals surface area (Å²) in [6.07, 6.45) is 0.686. The molecule has 0 aliphatic rings. The summed E-state index contributed by atoms with van der Waals surface area (Å²) in [5, 5.41) is 13.0. The van der Waals surface area contributed by atoms with E-state index < -0.39 is 0 Å². The predicted molar refractivity (Wildman–Crippen MR) is 80.0 cm³/mol. The number of rotatable bonds is 4. The smallest absolute Gasteiger partial charge is 0.255 e. The Balaban J connectivity index is 1.92. The third-order valence-corrected chi connectivity index (χ3v) is 3.13. The first-order chi connectivity index (χ1) is 9.56. The molecule has 0 atom stereocenters.